The lowest BCUT2D eigenvalue weighted by Gasteiger charge is -2.09. The van der Waals surface area contributed by atoms with Crippen molar-refractivity contribution in [2.24, 2.45) is 0 Å². The fourth-order valence-electron chi connectivity index (χ4n) is 2.57. The number of pyridine rings is 1. The lowest BCUT2D eigenvalue weighted by atomic mass is 10.0. The van der Waals surface area contributed by atoms with Gasteiger partial charge in [0.1, 0.15) is 11.5 Å². The molecular weight excluding hydrogens is 425 g/mol. The van der Waals surface area contributed by atoms with Crippen LogP contribution in [-0.2, 0) is 10.0 Å². The highest BCUT2D eigenvalue weighted by Crippen LogP contribution is 2.25. The minimum Gasteiger partial charge on any atom is -0.345 e. The molecule has 0 aliphatic rings. The summed E-state index contributed by atoms with van der Waals surface area (Å²) in [7, 11) is -3.54. The lowest BCUT2D eigenvalue weighted by Crippen LogP contribution is -2.16. The van der Waals surface area contributed by atoms with Crippen LogP contribution in [0.2, 0.25) is 0 Å². The van der Waals surface area contributed by atoms with E-state index in [4.69, 9.17) is 0 Å². The van der Waals surface area contributed by atoms with Crippen LogP contribution in [0.4, 0.5) is 10.1 Å². The number of nitrogens with one attached hydrogen (secondary N) is 2. The number of benzene rings is 1. The summed E-state index contributed by atoms with van der Waals surface area (Å²) in [6.45, 7) is 1.74. The molecule has 0 spiro atoms. The van der Waals surface area contributed by atoms with Crippen LogP contribution in [-0.4, -0.2) is 29.9 Å². The van der Waals surface area contributed by atoms with Crippen LogP contribution < -0.4 is 4.72 Å². The minimum atomic E-state index is -3.54. The number of rotatable bonds is 6. The molecule has 0 fully saturated rings. The summed E-state index contributed by atoms with van der Waals surface area (Å²) in [4.78, 5) is 19.8. The molecule has 0 atom stereocenters. The third-order valence-electron chi connectivity index (χ3n) is 3.70. The van der Waals surface area contributed by atoms with Gasteiger partial charge in [-0.1, -0.05) is 6.92 Å². The summed E-state index contributed by atoms with van der Waals surface area (Å²) >= 11 is 3.29. The van der Waals surface area contributed by atoms with E-state index in [1.165, 1.54) is 18.3 Å². The predicted molar refractivity (Wildman–Crippen MR) is 101 cm³/mol. The average molecular weight is 440 g/mol. The number of carbonyl (C=O) groups excluding carboxylic acids is 1. The molecule has 0 amide bonds. The molecule has 2 aromatic heterocycles. The van der Waals surface area contributed by atoms with E-state index in [-0.39, 0.29) is 22.6 Å². The van der Waals surface area contributed by atoms with Gasteiger partial charge in [-0.2, -0.15) is 0 Å². The molecule has 0 aliphatic heterocycles. The molecule has 6 nitrogen and oxygen atoms in total. The topological polar surface area (TPSA) is 91.9 Å². The van der Waals surface area contributed by atoms with Crippen LogP contribution in [0, 0.1) is 5.82 Å². The summed E-state index contributed by atoms with van der Waals surface area (Å²) in [5.74, 6) is -1.36. The first-order chi connectivity index (χ1) is 12.3. The number of aromatic amines is 1. The zero-order chi connectivity index (χ0) is 18.9. The van der Waals surface area contributed by atoms with Gasteiger partial charge in [-0.05, 0) is 46.6 Å². The number of H-pyrrole nitrogens is 1. The van der Waals surface area contributed by atoms with E-state index in [0.29, 0.717) is 21.9 Å². The third-order valence-corrected chi connectivity index (χ3v) is 5.63. The highest BCUT2D eigenvalue weighted by Gasteiger charge is 2.20. The van der Waals surface area contributed by atoms with Gasteiger partial charge in [-0.25, -0.2) is 17.8 Å². The van der Waals surface area contributed by atoms with E-state index in [9.17, 15) is 17.6 Å². The number of hydrogen-bond donors (Lipinski definition) is 2. The van der Waals surface area contributed by atoms with Gasteiger partial charge in [0, 0.05) is 33.5 Å². The molecule has 1 aromatic carbocycles. The smallest absolute Gasteiger partial charge is 0.232 e. The molecule has 0 radical (unpaired) electrons. The molecule has 26 heavy (non-hydrogen) atoms. The molecule has 0 aliphatic carbocycles. The van der Waals surface area contributed by atoms with E-state index < -0.39 is 21.6 Å². The van der Waals surface area contributed by atoms with Crippen LogP contribution in [0.3, 0.4) is 0 Å². The maximum atomic E-state index is 14.2. The number of ketones is 1. The standard InChI is InChI=1S/C17H15BrFN3O3S/c1-2-5-26(24,25)22-11-3-4-15(19)13(7-11)16(23)14-9-21-17-12(14)6-10(18)8-20-17/h3-4,6-9,22H,2,5H2,1H3,(H,20,21). The fraction of sp³-hybridized carbons (Fsp3) is 0.176. The van der Waals surface area contributed by atoms with Crippen molar-refractivity contribution in [1.29, 1.82) is 0 Å². The van der Waals surface area contributed by atoms with Crippen molar-refractivity contribution in [2.75, 3.05) is 10.5 Å². The molecule has 2 heterocycles. The number of nitrogens with zero attached hydrogens (tertiary/aromatic N) is 1. The Bertz CT molecular complexity index is 1100. The van der Waals surface area contributed by atoms with E-state index in [1.54, 1.807) is 19.2 Å². The zero-order valence-corrected chi connectivity index (χ0v) is 16.1. The highest BCUT2D eigenvalue weighted by atomic mass is 79.9. The second-order valence-electron chi connectivity index (χ2n) is 5.70. The number of sulfonamides is 1. The molecule has 3 rings (SSSR count). The summed E-state index contributed by atoms with van der Waals surface area (Å²) in [6.07, 6.45) is 3.48. The van der Waals surface area contributed by atoms with Gasteiger partial charge in [-0.15, -0.1) is 0 Å². The van der Waals surface area contributed by atoms with Crippen LogP contribution in [0.1, 0.15) is 29.3 Å². The van der Waals surface area contributed by atoms with Crippen molar-refractivity contribution in [3.8, 4) is 0 Å². The molecule has 2 N–H and O–H groups in total. The number of anilines is 1. The normalized spacial score (nSPS) is 11.7. The van der Waals surface area contributed by atoms with Crippen molar-refractivity contribution in [2.45, 2.75) is 13.3 Å². The molecular formula is C17H15BrFN3O3S. The van der Waals surface area contributed by atoms with Gasteiger partial charge in [-0.3, -0.25) is 9.52 Å². The largest absolute Gasteiger partial charge is 0.345 e. The Kier molecular flexibility index (Phi) is 5.10. The lowest BCUT2D eigenvalue weighted by molar-refractivity contribution is 0.103. The monoisotopic (exact) mass is 439 g/mol. The van der Waals surface area contributed by atoms with Gasteiger partial charge in [0.15, 0.2) is 5.78 Å². The van der Waals surface area contributed by atoms with Crippen molar-refractivity contribution >= 4 is 48.5 Å². The van der Waals surface area contributed by atoms with Gasteiger partial charge in [0.05, 0.1) is 11.3 Å². The highest BCUT2D eigenvalue weighted by molar-refractivity contribution is 9.10. The Morgan fingerprint density at radius 3 is 2.81 bits per heavy atom. The van der Waals surface area contributed by atoms with Crippen molar-refractivity contribution in [1.82, 2.24) is 9.97 Å². The first-order valence-electron chi connectivity index (χ1n) is 7.78. The Morgan fingerprint density at radius 2 is 2.08 bits per heavy atom. The van der Waals surface area contributed by atoms with Gasteiger partial charge >= 0.3 is 0 Å². The maximum Gasteiger partial charge on any atom is 0.232 e. The minimum absolute atomic E-state index is 0.0597. The Morgan fingerprint density at radius 1 is 1.31 bits per heavy atom. The van der Waals surface area contributed by atoms with Crippen molar-refractivity contribution < 1.29 is 17.6 Å². The van der Waals surface area contributed by atoms with E-state index in [0.717, 1.165) is 6.07 Å². The van der Waals surface area contributed by atoms with Gasteiger partial charge < -0.3 is 4.98 Å². The maximum absolute atomic E-state index is 14.2. The summed E-state index contributed by atoms with van der Waals surface area (Å²) in [5.41, 5.74) is 0.669. The van der Waals surface area contributed by atoms with Gasteiger partial charge in [0.25, 0.3) is 0 Å². The third kappa shape index (κ3) is 3.78. The Labute approximate surface area is 158 Å². The first kappa shape index (κ1) is 18.5. The van der Waals surface area contributed by atoms with Crippen LogP contribution >= 0.6 is 15.9 Å². The number of fused-ring (bicyclic) bond motifs is 1. The molecule has 0 bridgehead atoms. The second-order valence-corrected chi connectivity index (χ2v) is 8.45. The molecule has 0 saturated heterocycles. The number of halogens is 2. The van der Waals surface area contributed by atoms with Crippen LogP contribution in [0.15, 0.2) is 41.1 Å². The molecule has 0 saturated carbocycles. The molecule has 136 valence electrons. The SMILES string of the molecule is CCCS(=O)(=O)Nc1ccc(F)c(C(=O)c2c[nH]c3ncc(Br)cc23)c1. The van der Waals surface area contributed by atoms with Crippen LogP contribution in [0.5, 0.6) is 0 Å². The van der Waals surface area contributed by atoms with Crippen LogP contribution in [0.25, 0.3) is 11.0 Å². The van der Waals surface area contributed by atoms with Gasteiger partial charge in [0.2, 0.25) is 10.0 Å². The summed E-state index contributed by atoms with van der Waals surface area (Å²) in [6, 6.07) is 5.26. The predicted octanol–water partition coefficient (Wildman–Crippen LogP) is 3.85. The molecule has 0 unspecified atom stereocenters. The summed E-state index contributed by atoms with van der Waals surface area (Å²) < 4.78 is 41.1. The first-order valence-corrected chi connectivity index (χ1v) is 10.2. The zero-order valence-electron chi connectivity index (χ0n) is 13.7. The average Bonchev–Trinajstić information content (AvgIpc) is 2.98. The molecule has 9 heteroatoms. The number of hydrogen-bond acceptors (Lipinski definition) is 4. The van der Waals surface area contributed by atoms with E-state index >= 15 is 0 Å². The quantitative estimate of drug-likeness (QED) is 0.570. The Balaban J connectivity index is 2.01. The Hall–Kier alpha value is -2.26. The van der Waals surface area contributed by atoms with E-state index in [2.05, 4.69) is 30.6 Å². The fourth-order valence-corrected chi connectivity index (χ4v) is 4.03. The summed E-state index contributed by atoms with van der Waals surface area (Å²) in [5, 5.41) is 0.542. The number of aromatic nitrogens is 2. The van der Waals surface area contributed by atoms with Crippen molar-refractivity contribution in [3.63, 3.8) is 0 Å². The molecule has 3 aromatic rings. The van der Waals surface area contributed by atoms with Crippen molar-refractivity contribution in [3.05, 3.63) is 58.1 Å². The number of carbonyl (C=O) groups is 1. The van der Waals surface area contributed by atoms with E-state index in [1.807, 2.05) is 0 Å². The second kappa shape index (κ2) is 7.16.